The minimum absolute atomic E-state index is 0.365. The van der Waals surface area contributed by atoms with Crippen LogP contribution in [-0.4, -0.2) is 25.9 Å². The largest absolute Gasteiger partial charge is 0.378 e. The van der Waals surface area contributed by atoms with Crippen LogP contribution in [0.5, 0.6) is 0 Å². The van der Waals surface area contributed by atoms with E-state index in [1.54, 1.807) is 24.3 Å². The van der Waals surface area contributed by atoms with Crippen LogP contribution in [0, 0.1) is 6.92 Å². The lowest BCUT2D eigenvalue weighted by atomic mass is 10.1. The molecule has 0 bridgehead atoms. The quantitative estimate of drug-likeness (QED) is 0.671. The fraction of sp³-hybridized carbons (Fsp3) is 0.158. The van der Waals surface area contributed by atoms with Gasteiger partial charge in [0, 0.05) is 31.4 Å². The van der Waals surface area contributed by atoms with Gasteiger partial charge in [0.1, 0.15) is 0 Å². The van der Waals surface area contributed by atoms with E-state index in [1.165, 1.54) is 6.08 Å². The number of hydrazine groups is 1. The number of amides is 2. The number of nitrogens with one attached hydrogen (secondary N) is 2. The topological polar surface area (TPSA) is 61.4 Å². The van der Waals surface area contributed by atoms with Crippen LogP contribution in [0.25, 0.3) is 6.08 Å². The van der Waals surface area contributed by atoms with E-state index in [0.717, 1.165) is 16.8 Å². The molecule has 0 radical (unpaired) electrons. The van der Waals surface area contributed by atoms with E-state index in [1.807, 2.05) is 56.3 Å². The van der Waals surface area contributed by atoms with Crippen LogP contribution in [0.3, 0.4) is 0 Å². The zero-order chi connectivity index (χ0) is 17.5. The molecule has 2 rings (SSSR count). The van der Waals surface area contributed by atoms with Crippen molar-refractivity contribution in [2.75, 3.05) is 19.0 Å². The van der Waals surface area contributed by atoms with Gasteiger partial charge < -0.3 is 4.90 Å². The Kier molecular flexibility index (Phi) is 5.73. The van der Waals surface area contributed by atoms with E-state index in [-0.39, 0.29) is 5.91 Å². The van der Waals surface area contributed by atoms with Gasteiger partial charge in [-0.1, -0.05) is 35.9 Å². The zero-order valence-electron chi connectivity index (χ0n) is 14.0. The molecule has 0 saturated heterocycles. The predicted molar refractivity (Wildman–Crippen MR) is 96.6 cm³/mol. The molecular formula is C19H21N3O2. The molecule has 0 aliphatic heterocycles. The number of anilines is 1. The molecule has 0 unspecified atom stereocenters. The van der Waals surface area contributed by atoms with Crippen molar-refractivity contribution in [1.29, 1.82) is 0 Å². The lowest BCUT2D eigenvalue weighted by Gasteiger charge is -2.13. The predicted octanol–water partition coefficient (Wildman–Crippen LogP) is 2.54. The van der Waals surface area contributed by atoms with Crippen molar-refractivity contribution in [1.82, 2.24) is 10.9 Å². The van der Waals surface area contributed by atoms with Crippen molar-refractivity contribution in [3.8, 4) is 0 Å². The van der Waals surface area contributed by atoms with Crippen LogP contribution < -0.4 is 15.8 Å². The molecule has 0 saturated carbocycles. The van der Waals surface area contributed by atoms with E-state index < -0.39 is 5.91 Å². The molecule has 2 aromatic carbocycles. The molecule has 0 atom stereocenters. The summed E-state index contributed by atoms with van der Waals surface area (Å²) < 4.78 is 0. The Morgan fingerprint density at radius 3 is 2.46 bits per heavy atom. The van der Waals surface area contributed by atoms with Crippen molar-refractivity contribution in [2.24, 2.45) is 0 Å². The summed E-state index contributed by atoms with van der Waals surface area (Å²) in [4.78, 5) is 25.8. The van der Waals surface area contributed by atoms with E-state index in [4.69, 9.17) is 0 Å². The second-order valence-electron chi connectivity index (χ2n) is 5.64. The highest BCUT2D eigenvalue weighted by molar-refractivity contribution is 5.98. The molecule has 0 aliphatic rings. The minimum atomic E-state index is -0.395. The third kappa shape index (κ3) is 4.98. The van der Waals surface area contributed by atoms with Crippen molar-refractivity contribution in [3.63, 3.8) is 0 Å². The first-order chi connectivity index (χ1) is 11.5. The lowest BCUT2D eigenvalue weighted by molar-refractivity contribution is -0.117. The zero-order valence-corrected chi connectivity index (χ0v) is 14.0. The second-order valence-corrected chi connectivity index (χ2v) is 5.64. The van der Waals surface area contributed by atoms with Crippen LogP contribution in [0.2, 0.25) is 0 Å². The van der Waals surface area contributed by atoms with E-state index in [0.29, 0.717) is 5.56 Å². The van der Waals surface area contributed by atoms with E-state index in [9.17, 15) is 9.59 Å². The van der Waals surface area contributed by atoms with Crippen LogP contribution in [-0.2, 0) is 4.79 Å². The molecular weight excluding hydrogens is 302 g/mol. The summed E-state index contributed by atoms with van der Waals surface area (Å²) in [5.41, 5.74) is 8.21. The maximum absolute atomic E-state index is 12.1. The summed E-state index contributed by atoms with van der Waals surface area (Å²) in [5.74, 6) is -0.760. The molecule has 0 spiro atoms. The molecule has 0 heterocycles. The minimum Gasteiger partial charge on any atom is -0.378 e. The fourth-order valence-electron chi connectivity index (χ4n) is 2.10. The second kappa shape index (κ2) is 7.97. The first-order valence-corrected chi connectivity index (χ1v) is 7.58. The standard InChI is InChI=1S/C19H21N3O2/c1-14-6-4-7-15(12-14)10-11-18(23)20-21-19(24)16-8-5-9-17(13-16)22(2)3/h4-13H,1-3H3,(H,20,23)(H,21,24)/b11-10+. The summed E-state index contributed by atoms with van der Waals surface area (Å²) >= 11 is 0. The molecule has 0 aliphatic carbocycles. The van der Waals surface area contributed by atoms with Crippen LogP contribution in [0.1, 0.15) is 21.5 Å². The Morgan fingerprint density at radius 1 is 1.00 bits per heavy atom. The van der Waals surface area contributed by atoms with Crippen molar-refractivity contribution < 1.29 is 9.59 Å². The normalized spacial score (nSPS) is 10.5. The van der Waals surface area contributed by atoms with Gasteiger partial charge in [0.05, 0.1) is 0 Å². The summed E-state index contributed by atoms with van der Waals surface area (Å²) in [7, 11) is 3.80. The Balaban J connectivity index is 1.91. The molecule has 124 valence electrons. The highest BCUT2D eigenvalue weighted by Crippen LogP contribution is 2.13. The third-order valence-electron chi connectivity index (χ3n) is 3.39. The molecule has 2 aromatic rings. The molecule has 2 N–H and O–H groups in total. The number of rotatable bonds is 4. The third-order valence-corrected chi connectivity index (χ3v) is 3.39. The first-order valence-electron chi connectivity index (χ1n) is 7.58. The van der Waals surface area contributed by atoms with Crippen molar-refractivity contribution in [3.05, 3.63) is 71.3 Å². The molecule has 0 aromatic heterocycles. The van der Waals surface area contributed by atoms with Gasteiger partial charge in [-0.15, -0.1) is 0 Å². The van der Waals surface area contributed by atoms with Gasteiger partial charge in [-0.25, -0.2) is 0 Å². The van der Waals surface area contributed by atoms with Gasteiger partial charge in [-0.05, 0) is 36.8 Å². The van der Waals surface area contributed by atoms with Gasteiger partial charge in [-0.3, -0.25) is 20.4 Å². The summed E-state index contributed by atoms with van der Waals surface area (Å²) in [6.07, 6.45) is 3.08. The van der Waals surface area contributed by atoms with Crippen LogP contribution in [0.4, 0.5) is 5.69 Å². The fourth-order valence-corrected chi connectivity index (χ4v) is 2.10. The van der Waals surface area contributed by atoms with Gasteiger partial charge >= 0.3 is 0 Å². The van der Waals surface area contributed by atoms with Crippen LogP contribution >= 0.6 is 0 Å². The maximum atomic E-state index is 12.1. The Bertz CT molecular complexity index is 767. The highest BCUT2D eigenvalue weighted by atomic mass is 16.2. The number of benzene rings is 2. The van der Waals surface area contributed by atoms with Gasteiger partial charge in [0.2, 0.25) is 0 Å². The molecule has 24 heavy (non-hydrogen) atoms. The number of aryl methyl sites for hydroxylation is 1. The molecule has 2 amide bonds. The van der Waals surface area contributed by atoms with Crippen LogP contribution in [0.15, 0.2) is 54.6 Å². The summed E-state index contributed by atoms with van der Waals surface area (Å²) in [6, 6.07) is 14.9. The van der Waals surface area contributed by atoms with E-state index >= 15 is 0 Å². The first kappa shape index (κ1) is 17.3. The lowest BCUT2D eigenvalue weighted by Crippen LogP contribution is -2.40. The smallest absolute Gasteiger partial charge is 0.269 e. The Hall–Kier alpha value is -3.08. The monoisotopic (exact) mass is 323 g/mol. The average Bonchev–Trinajstić information content (AvgIpc) is 2.58. The SMILES string of the molecule is Cc1cccc(/C=C/C(=O)NNC(=O)c2cccc(N(C)C)c2)c1. The van der Waals surface area contributed by atoms with Gasteiger partial charge in [0.15, 0.2) is 0 Å². The average molecular weight is 323 g/mol. The highest BCUT2D eigenvalue weighted by Gasteiger charge is 2.07. The number of carbonyl (C=O) groups is 2. The van der Waals surface area contributed by atoms with Crippen molar-refractivity contribution in [2.45, 2.75) is 6.92 Å². The number of hydrogen-bond donors (Lipinski definition) is 2. The molecule has 0 fully saturated rings. The number of carbonyl (C=O) groups excluding carboxylic acids is 2. The van der Waals surface area contributed by atoms with Crippen molar-refractivity contribution >= 4 is 23.6 Å². The Morgan fingerprint density at radius 2 is 1.75 bits per heavy atom. The maximum Gasteiger partial charge on any atom is 0.269 e. The number of hydrogen-bond acceptors (Lipinski definition) is 3. The Labute approximate surface area is 142 Å². The van der Waals surface area contributed by atoms with E-state index in [2.05, 4.69) is 10.9 Å². The molecule has 5 heteroatoms. The molecule has 5 nitrogen and oxygen atoms in total. The summed E-state index contributed by atoms with van der Waals surface area (Å²) in [6.45, 7) is 1.99. The van der Waals surface area contributed by atoms with Gasteiger partial charge in [-0.2, -0.15) is 0 Å². The summed E-state index contributed by atoms with van der Waals surface area (Å²) in [5, 5.41) is 0. The van der Waals surface area contributed by atoms with Gasteiger partial charge in [0.25, 0.3) is 11.8 Å². The number of nitrogens with zero attached hydrogens (tertiary/aromatic N) is 1.